The molecule has 2 aliphatic heterocycles. The highest BCUT2D eigenvalue weighted by Crippen LogP contribution is 2.34. The van der Waals surface area contributed by atoms with E-state index >= 15 is 0 Å². The predicted molar refractivity (Wildman–Crippen MR) is 82.2 cm³/mol. The minimum Gasteiger partial charge on any atom is -0.383 e. The molecule has 1 fully saturated rings. The Bertz CT molecular complexity index is 444. The Hall–Kier alpha value is -1.22. The Kier molecular flexibility index (Phi) is 3.65. The smallest absolute Gasteiger partial charge is 0.0610 e. The van der Waals surface area contributed by atoms with Crippen molar-refractivity contribution in [2.24, 2.45) is 0 Å². The van der Waals surface area contributed by atoms with E-state index in [0.29, 0.717) is 6.04 Å². The molecule has 0 aromatic heterocycles. The number of benzene rings is 1. The molecule has 3 rings (SSSR count). The van der Waals surface area contributed by atoms with Gasteiger partial charge in [-0.1, -0.05) is 12.1 Å². The Balaban J connectivity index is 1.84. The van der Waals surface area contributed by atoms with Crippen LogP contribution in [0.4, 0.5) is 11.4 Å². The number of hydrogen-bond donors (Lipinski definition) is 1. The highest BCUT2D eigenvalue weighted by atomic mass is 15.2. The molecule has 2 aliphatic rings. The quantitative estimate of drug-likeness (QED) is 0.880. The Morgan fingerprint density at radius 1 is 1.32 bits per heavy atom. The summed E-state index contributed by atoms with van der Waals surface area (Å²) >= 11 is 0. The van der Waals surface area contributed by atoms with Crippen LogP contribution in [0.25, 0.3) is 0 Å². The van der Waals surface area contributed by atoms with Crippen molar-refractivity contribution in [3.63, 3.8) is 0 Å². The van der Waals surface area contributed by atoms with Crippen molar-refractivity contribution >= 4 is 11.4 Å². The fraction of sp³-hybridized carbons (Fsp3) is 0.625. The summed E-state index contributed by atoms with van der Waals surface area (Å²) in [5.74, 6) is 0. The fourth-order valence-corrected chi connectivity index (χ4v) is 3.44. The number of para-hydroxylation sites is 1. The zero-order chi connectivity index (χ0) is 13.2. The average Bonchev–Trinajstić information content (AvgIpc) is 2.46. The molecule has 1 saturated heterocycles. The van der Waals surface area contributed by atoms with Crippen LogP contribution in [-0.2, 0) is 6.42 Å². The lowest BCUT2D eigenvalue weighted by Gasteiger charge is -2.38. The summed E-state index contributed by atoms with van der Waals surface area (Å²) in [6.07, 6.45) is 5.10. The molecule has 1 atom stereocenters. The second-order valence-electron chi connectivity index (χ2n) is 6.01. The molecule has 1 N–H and O–H groups in total. The molecule has 0 aliphatic carbocycles. The topological polar surface area (TPSA) is 18.5 Å². The van der Waals surface area contributed by atoms with Gasteiger partial charge in [-0.05, 0) is 50.9 Å². The van der Waals surface area contributed by atoms with E-state index in [4.69, 9.17) is 0 Å². The molecule has 0 bridgehead atoms. The van der Waals surface area contributed by atoms with Crippen LogP contribution in [0.15, 0.2) is 18.2 Å². The van der Waals surface area contributed by atoms with E-state index in [2.05, 4.69) is 47.4 Å². The van der Waals surface area contributed by atoms with Crippen LogP contribution in [-0.4, -0.2) is 44.7 Å². The molecule has 0 saturated carbocycles. The molecule has 2 heterocycles. The lowest BCUT2D eigenvalue weighted by Crippen LogP contribution is -2.45. The minimum absolute atomic E-state index is 0.647. The third kappa shape index (κ3) is 2.57. The maximum atomic E-state index is 3.61. The number of likely N-dealkylation sites (N-methyl/N-ethyl adjacent to an activating group) is 2. The molecule has 1 unspecified atom stereocenters. The highest BCUT2D eigenvalue weighted by molar-refractivity contribution is 5.74. The summed E-state index contributed by atoms with van der Waals surface area (Å²) in [7, 11) is 4.49. The summed E-state index contributed by atoms with van der Waals surface area (Å²) < 4.78 is 0. The van der Waals surface area contributed by atoms with Gasteiger partial charge in [-0.15, -0.1) is 0 Å². The van der Waals surface area contributed by atoms with Gasteiger partial charge in [0.1, 0.15) is 0 Å². The van der Waals surface area contributed by atoms with Gasteiger partial charge in [-0.2, -0.15) is 0 Å². The predicted octanol–water partition coefficient (Wildman–Crippen LogP) is 2.58. The van der Waals surface area contributed by atoms with Crippen molar-refractivity contribution in [3.05, 3.63) is 23.8 Å². The largest absolute Gasteiger partial charge is 0.383 e. The van der Waals surface area contributed by atoms with Gasteiger partial charge in [0.05, 0.1) is 11.4 Å². The Labute approximate surface area is 116 Å². The van der Waals surface area contributed by atoms with Gasteiger partial charge in [-0.3, -0.25) is 0 Å². The standard InChI is InChI=1S/C16H25N3/c1-18-11-5-8-14(12-18)19(2)15-9-3-6-13-7-4-10-17-16(13)15/h3,6,9,14,17H,4-5,7-8,10-12H2,1-2H3. The first-order valence-electron chi connectivity index (χ1n) is 7.53. The maximum absolute atomic E-state index is 3.61. The second kappa shape index (κ2) is 5.41. The minimum atomic E-state index is 0.647. The van der Waals surface area contributed by atoms with Crippen LogP contribution in [0, 0.1) is 0 Å². The molecule has 1 aromatic rings. The maximum Gasteiger partial charge on any atom is 0.0610 e. The lowest BCUT2D eigenvalue weighted by atomic mass is 9.99. The molecule has 104 valence electrons. The van der Waals surface area contributed by atoms with E-state index < -0.39 is 0 Å². The number of piperidine rings is 1. The molecule has 3 nitrogen and oxygen atoms in total. The van der Waals surface area contributed by atoms with Gasteiger partial charge in [0.2, 0.25) is 0 Å². The molecule has 19 heavy (non-hydrogen) atoms. The van der Waals surface area contributed by atoms with Gasteiger partial charge >= 0.3 is 0 Å². The van der Waals surface area contributed by atoms with E-state index in [0.717, 1.165) is 6.54 Å². The monoisotopic (exact) mass is 259 g/mol. The zero-order valence-electron chi connectivity index (χ0n) is 12.2. The van der Waals surface area contributed by atoms with Crippen molar-refractivity contribution in [1.82, 2.24) is 4.90 Å². The number of aryl methyl sites for hydroxylation is 1. The number of nitrogens with zero attached hydrogens (tertiary/aromatic N) is 2. The first-order valence-corrected chi connectivity index (χ1v) is 7.53. The van der Waals surface area contributed by atoms with Gasteiger partial charge in [0.15, 0.2) is 0 Å². The van der Waals surface area contributed by atoms with E-state index in [-0.39, 0.29) is 0 Å². The van der Waals surface area contributed by atoms with Crippen LogP contribution in [0.1, 0.15) is 24.8 Å². The molecule has 0 radical (unpaired) electrons. The zero-order valence-corrected chi connectivity index (χ0v) is 12.2. The molecule has 0 amide bonds. The summed E-state index contributed by atoms with van der Waals surface area (Å²) in [6.45, 7) is 3.54. The van der Waals surface area contributed by atoms with Crippen molar-refractivity contribution in [3.8, 4) is 0 Å². The highest BCUT2D eigenvalue weighted by Gasteiger charge is 2.24. The summed E-state index contributed by atoms with van der Waals surface area (Å²) in [4.78, 5) is 4.94. The van der Waals surface area contributed by atoms with Crippen molar-refractivity contribution in [2.75, 3.05) is 43.9 Å². The number of anilines is 2. The van der Waals surface area contributed by atoms with Crippen LogP contribution in [0.2, 0.25) is 0 Å². The summed E-state index contributed by atoms with van der Waals surface area (Å²) in [5.41, 5.74) is 4.25. The number of rotatable bonds is 2. The van der Waals surface area contributed by atoms with E-state index in [9.17, 15) is 0 Å². The van der Waals surface area contributed by atoms with Crippen molar-refractivity contribution in [1.29, 1.82) is 0 Å². The number of nitrogens with one attached hydrogen (secondary N) is 1. The molecule has 0 spiro atoms. The van der Waals surface area contributed by atoms with Crippen LogP contribution < -0.4 is 10.2 Å². The lowest BCUT2D eigenvalue weighted by molar-refractivity contribution is 0.248. The fourth-order valence-electron chi connectivity index (χ4n) is 3.44. The molecule has 1 aromatic carbocycles. The Morgan fingerprint density at radius 3 is 3.05 bits per heavy atom. The number of hydrogen-bond acceptors (Lipinski definition) is 3. The van der Waals surface area contributed by atoms with Gasteiger partial charge in [0.25, 0.3) is 0 Å². The van der Waals surface area contributed by atoms with Crippen LogP contribution in [0.3, 0.4) is 0 Å². The average molecular weight is 259 g/mol. The Morgan fingerprint density at radius 2 is 2.21 bits per heavy atom. The number of fused-ring (bicyclic) bond motifs is 1. The SMILES string of the molecule is CN1CCCC(N(C)c2cccc3c2NCCC3)C1. The van der Waals surface area contributed by atoms with E-state index in [1.165, 1.54) is 55.7 Å². The third-order valence-corrected chi connectivity index (χ3v) is 4.58. The van der Waals surface area contributed by atoms with E-state index in [1.807, 2.05) is 0 Å². The van der Waals surface area contributed by atoms with Crippen LogP contribution >= 0.6 is 0 Å². The normalized spacial score (nSPS) is 23.6. The first kappa shape index (κ1) is 12.8. The molecular weight excluding hydrogens is 234 g/mol. The van der Waals surface area contributed by atoms with E-state index in [1.54, 1.807) is 0 Å². The first-order chi connectivity index (χ1) is 9.25. The van der Waals surface area contributed by atoms with Crippen molar-refractivity contribution < 1.29 is 0 Å². The van der Waals surface area contributed by atoms with Gasteiger partial charge < -0.3 is 15.1 Å². The summed E-state index contributed by atoms with van der Waals surface area (Å²) in [6, 6.07) is 7.40. The number of likely N-dealkylation sites (tertiary alicyclic amines) is 1. The second-order valence-corrected chi connectivity index (χ2v) is 6.01. The van der Waals surface area contributed by atoms with Crippen LogP contribution in [0.5, 0.6) is 0 Å². The van der Waals surface area contributed by atoms with Gasteiger partial charge in [0, 0.05) is 26.2 Å². The third-order valence-electron chi connectivity index (χ3n) is 4.58. The molecule has 3 heteroatoms. The summed E-state index contributed by atoms with van der Waals surface area (Å²) in [5, 5.41) is 3.61. The molecular formula is C16H25N3. The van der Waals surface area contributed by atoms with Crippen molar-refractivity contribution in [2.45, 2.75) is 31.7 Å². The van der Waals surface area contributed by atoms with Gasteiger partial charge in [-0.25, -0.2) is 0 Å².